The van der Waals surface area contributed by atoms with Crippen LogP contribution in [0.5, 0.6) is 0 Å². The van der Waals surface area contributed by atoms with Crippen molar-refractivity contribution in [2.75, 3.05) is 27.4 Å². The molecule has 0 bridgehead atoms. The van der Waals surface area contributed by atoms with Crippen LogP contribution in [0.4, 0.5) is 0 Å². The van der Waals surface area contributed by atoms with E-state index in [0.29, 0.717) is 6.42 Å². The van der Waals surface area contributed by atoms with Crippen molar-refractivity contribution in [3.8, 4) is 0 Å². The maximum atomic E-state index is 11.8. The lowest BCUT2D eigenvalue weighted by atomic mass is 10.1. The molecule has 0 aliphatic heterocycles. The Morgan fingerprint density at radius 2 is 1.02 bits per heavy atom. The van der Waals surface area contributed by atoms with Gasteiger partial charge in [-0.15, -0.1) is 0 Å². The molecule has 40 heavy (non-hydrogen) atoms. The number of hydrogen-bond acceptors (Lipinski definition) is 4. The van der Waals surface area contributed by atoms with Crippen LogP contribution >= 0.6 is 0 Å². The van der Waals surface area contributed by atoms with E-state index >= 15 is 0 Å². The van der Waals surface area contributed by atoms with Crippen LogP contribution in [-0.2, 0) is 19.1 Å². The molecule has 0 aromatic carbocycles. The highest BCUT2D eigenvalue weighted by Crippen LogP contribution is 2.14. The third kappa shape index (κ3) is 28.4. The highest BCUT2D eigenvalue weighted by Gasteiger charge is 2.10. The monoisotopic (exact) mass is 566 g/mol. The Kier molecular flexibility index (Phi) is 31.4. The number of amides is 1. The van der Waals surface area contributed by atoms with Crippen LogP contribution in [0, 0.1) is 0 Å². The lowest BCUT2D eigenvalue weighted by Crippen LogP contribution is -2.24. The first kappa shape index (κ1) is 38.8. The highest BCUT2D eigenvalue weighted by atomic mass is 16.7. The van der Waals surface area contributed by atoms with Crippen LogP contribution in [0.25, 0.3) is 0 Å². The predicted molar refractivity (Wildman–Crippen MR) is 171 cm³/mol. The van der Waals surface area contributed by atoms with E-state index in [1.807, 2.05) is 0 Å². The van der Waals surface area contributed by atoms with Gasteiger partial charge >= 0.3 is 0 Å². The molecule has 5 nitrogen and oxygen atoms in total. The molecule has 1 amide bonds. The number of unbranched alkanes of at least 4 members (excludes halogenated alkanes) is 16. The predicted octanol–water partition coefficient (Wildman–Crippen LogP) is 10.5. The fourth-order valence-corrected chi connectivity index (χ4v) is 4.63. The summed E-state index contributed by atoms with van der Waals surface area (Å²) >= 11 is 0. The summed E-state index contributed by atoms with van der Waals surface area (Å²) in [6, 6.07) is 0. The molecule has 236 valence electrons. The largest absolute Gasteiger partial charge is 0.353 e. The molecule has 0 spiro atoms. The van der Waals surface area contributed by atoms with Gasteiger partial charge in [0, 0.05) is 13.5 Å². The van der Waals surface area contributed by atoms with Gasteiger partial charge in [0.25, 0.3) is 0 Å². The van der Waals surface area contributed by atoms with Gasteiger partial charge in [-0.1, -0.05) is 109 Å². The molecule has 0 rings (SSSR count). The van der Waals surface area contributed by atoms with Gasteiger partial charge in [-0.25, -0.2) is 5.06 Å². The lowest BCUT2D eigenvalue weighted by molar-refractivity contribution is -0.168. The molecule has 0 unspecified atom stereocenters. The summed E-state index contributed by atoms with van der Waals surface area (Å²) in [4.78, 5) is 16.8. The van der Waals surface area contributed by atoms with Crippen LogP contribution in [0.3, 0.4) is 0 Å². The molecule has 0 fully saturated rings. The maximum absolute atomic E-state index is 11.8. The number of carbonyl (C=O) groups is 1. The van der Waals surface area contributed by atoms with Gasteiger partial charge in [0.2, 0.25) is 5.91 Å². The summed E-state index contributed by atoms with van der Waals surface area (Å²) in [5.41, 5.74) is 0. The Hall–Kier alpha value is -1.17. The summed E-state index contributed by atoms with van der Waals surface area (Å²) in [5, 5.41) is 1.31. The van der Waals surface area contributed by atoms with Crippen molar-refractivity contribution in [3.63, 3.8) is 0 Å². The van der Waals surface area contributed by atoms with E-state index in [1.54, 1.807) is 7.05 Å². The molecule has 0 aliphatic carbocycles. The van der Waals surface area contributed by atoms with Crippen molar-refractivity contribution in [1.29, 1.82) is 0 Å². The summed E-state index contributed by atoms with van der Waals surface area (Å²) in [6.07, 6.45) is 36.3. The van der Waals surface area contributed by atoms with E-state index in [4.69, 9.17) is 14.3 Å². The maximum Gasteiger partial charge on any atom is 0.245 e. The molecule has 0 heterocycles. The number of allylic oxidation sites excluding steroid dienone is 4. The first-order valence-electron chi connectivity index (χ1n) is 17.0. The number of rotatable bonds is 31. The van der Waals surface area contributed by atoms with Gasteiger partial charge in [0.1, 0.15) is 0 Å². The first-order valence-corrected chi connectivity index (χ1v) is 17.0. The number of nitrogens with zero attached hydrogens (tertiary/aromatic N) is 1. The average Bonchev–Trinajstić information content (AvgIpc) is 2.97. The highest BCUT2D eigenvalue weighted by molar-refractivity contribution is 5.74. The molecule has 0 radical (unpaired) electrons. The van der Waals surface area contributed by atoms with Crippen molar-refractivity contribution < 1.29 is 19.1 Å². The second-order valence-corrected chi connectivity index (χ2v) is 11.2. The third-order valence-electron chi connectivity index (χ3n) is 7.38. The lowest BCUT2D eigenvalue weighted by Gasteiger charge is -2.18. The molecule has 5 heteroatoms. The van der Waals surface area contributed by atoms with Crippen molar-refractivity contribution in [2.45, 2.75) is 168 Å². The van der Waals surface area contributed by atoms with Crippen LogP contribution in [0.2, 0.25) is 0 Å². The quantitative estimate of drug-likeness (QED) is 0.0363. The van der Waals surface area contributed by atoms with Crippen molar-refractivity contribution >= 4 is 5.91 Å². The molecule has 0 aliphatic rings. The fourth-order valence-electron chi connectivity index (χ4n) is 4.63. The van der Waals surface area contributed by atoms with Gasteiger partial charge in [0.15, 0.2) is 6.29 Å². The molecule has 0 saturated carbocycles. The SMILES string of the molecule is CCCCCCC/C=C\CCCOC(CCCCCCCC(=O)N(C)OC)OCCC/C=C\CCCCCCC. The normalized spacial score (nSPS) is 11.9. The van der Waals surface area contributed by atoms with Gasteiger partial charge in [-0.3, -0.25) is 9.63 Å². The smallest absolute Gasteiger partial charge is 0.245 e. The Morgan fingerprint density at radius 3 is 1.52 bits per heavy atom. The number of hydrogen-bond donors (Lipinski definition) is 0. The average molecular weight is 566 g/mol. The number of carbonyl (C=O) groups excluding carboxylic acids is 1. The molecule has 0 N–H and O–H groups in total. The summed E-state index contributed by atoms with van der Waals surface area (Å²) in [7, 11) is 3.19. The third-order valence-corrected chi connectivity index (χ3v) is 7.38. The zero-order valence-electron chi connectivity index (χ0n) is 27.1. The van der Waals surface area contributed by atoms with E-state index < -0.39 is 0 Å². The second kappa shape index (κ2) is 32.3. The molecule has 0 aromatic heterocycles. The Balaban J connectivity index is 4.11. The molecular weight excluding hydrogens is 498 g/mol. The zero-order valence-corrected chi connectivity index (χ0v) is 27.1. The van der Waals surface area contributed by atoms with E-state index in [1.165, 1.54) is 89.2 Å². The zero-order chi connectivity index (χ0) is 29.4. The number of ether oxygens (including phenoxy) is 2. The van der Waals surface area contributed by atoms with Crippen LogP contribution < -0.4 is 0 Å². The Labute approximate surface area is 249 Å². The van der Waals surface area contributed by atoms with Gasteiger partial charge in [-0.05, 0) is 70.6 Å². The van der Waals surface area contributed by atoms with Gasteiger partial charge in [-0.2, -0.15) is 0 Å². The fraction of sp³-hybridized carbons (Fsp3) is 0.857. The minimum Gasteiger partial charge on any atom is -0.353 e. The molecule has 0 aromatic rings. The first-order chi connectivity index (χ1) is 19.7. The summed E-state index contributed by atoms with van der Waals surface area (Å²) in [6.45, 7) is 6.06. The standard InChI is InChI=1S/C35H67NO4/c1-5-7-9-11-13-15-17-19-24-28-32-39-35(31-27-23-21-22-26-30-34(37)36(3)38-4)40-33-29-25-20-18-16-14-12-10-8-6-2/h17-20,35H,5-16,21-33H2,1-4H3/b19-17-,20-18-. The Bertz CT molecular complexity index is 546. The molecular formula is C35H67NO4. The minimum atomic E-state index is -0.0954. The van der Waals surface area contributed by atoms with Crippen LogP contribution in [-0.4, -0.2) is 44.6 Å². The van der Waals surface area contributed by atoms with Gasteiger partial charge < -0.3 is 9.47 Å². The van der Waals surface area contributed by atoms with E-state index in [-0.39, 0.29) is 12.2 Å². The van der Waals surface area contributed by atoms with Crippen molar-refractivity contribution in [2.24, 2.45) is 0 Å². The van der Waals surface area contributed by atoms with Crippen LogP contribution in [0.1, 0.15) is 162 Å². The second-order valence-electron chi connectivity index (χ2n) is 11.2. The van der Waals surface area contributed by atoms with E-state index in [2.05, 4.69) is 38.2 Å². The van der Waals surface area contributed by atoms with Crippen LogP contribution in [0.15, 0.2) is 24.3 Å². The number of hydroxylamine groups is 2. The topological polar surface area (TPSA) is 48.0 Å². The minimum absolute atomic E-state index is 0.0491. The van der Waals surface area contributed by atoms with Crippen molar-refractivity contribution in [1.82, 2.24) is 5.06 Å². The molecule has 0 atom stereocenters. The van der Waals surface area contributed by atoms with E-state index in [0.717, 1.165) is 77.4 Å². The Morgan fingerprint density at radius 1 is 0.600 bits per heavy atom. The summed E-state index contributed by atoms with van der Waals surface area (Å²) < 4.78 is 12.3. The van der Waals surface area contributed by atoms with E-state index in [9.17, 15) is 4.79 Å². The van der Waals surface area contributed by atoms with Crippen molar-refractivity contribution in [3.05, 3.63) is 24.3 Å². The summed E-state index contributed by atoms with van der Waals surface area (Å²) in [5.74, 6) is 0.0491. The molecule has 0 saturated heterocycles. The van der Waals surface area contributed by atoms with Gasteiger partial charge in [0.05, 0.1) is 20.3 Å².